The van der Waals surface area contributed by atoms with E-state index in [2.05, 4.69) is 25.8 Å². The molecular weight excluding hydrogens is 524 g/mol. The van der Waals surface area contributed by atoms with Crippen molar-refractivity contribution in [3.8, 4) is 5.69 Å². The Hall–Kier alpha value is -3.99. The summed E-state index contributed by atoms with van der Waals surface area (Å²) in [5.41, 5.74) is 9.62. The van der Waals surface area contributed by atoms with E-state index in [-0.39, 0.29) is 17.8 Å². The lowest BCUT2D eigenvalue weighted by Crippen LogP contribution is -2.57. The van der Waals surface area contributed by atoms with E-state index >= 15 is 0 Å². The van der Waals surface area contributed by atoms with E-state index in [0.717, 1.165) is 46.7 Å². The van der Waals surface area contributed by atoms with Crippen LogP contribution < -0.4 is 16.0 Å². The van der Waals surface area contributed by atoms with Gasteiger partial charge in [0.05, 0.1) is 23.3 Å². The van der Waals surface area contributed by atoms with Gasteiger partial charge in [0.15, 0.2) is 12.1 Å². The third kappa shape index (κ3) is 5.79. The van der Waals surface area contributed by atoms with E-state index in [1.54, 1.807) is 6.92 Å². The minimum Gasteiger partial charge on any atom is -0.389 e. The van der Waals surface area contributed by atoms with Crippen molar-refractivity contribution in [1.29, 1.82) is 0 Å². The molecule has 0 saturated carbocycles. The number of para-hydroxylation sites is 1. The van der Waals surface area contributed by atoms with Crippen LogP contribution in [0.5, 0.6) is 0 Å². The summed E-state index contributed by atoms with van der Waals surface area (Å²) in [6.07, 6.45) is 1.52. The van der Waals surface area contributed by atoms with Crippen LogP contribution in [0.25, 0.3) is 16.6 Å². The van der Waals surface area contributed by atoms with Crippen molar-refractivity contribution < 1.29 is 14.7 Å². The van der Waals surface area contributed by atoms with Crippen LogP contribution in [0.1, 0.15) is 42.1 Å². The van der Waals surface area contributed by atoms with Gasteiger partial charge in [-0.05, 0) is 44.3 Å². The van der Waals surface area contributed by atoms with E-state index in [1.807, 2.05) is 87.6 Å². The summed E-state index contributed by atoms with van der Waals surface area (Å²) in [5.74, 6) is -0.489. The SMILES string of the molecule is CC.CC(O)c1c(C(=O)NC2CN(C)C2)sc(/N=C(/N)C=O)c1N(C)c1ccc2ccn(-c3ccccc3)c2c1. The number of fused-ring (bicyclic) bond motifs is 1. The number of carbonyl (C=O) groups excluding carboxylic acids is 2. The minimum absolute atomic E-state index is 0.0396. The zero-order valence-corrected chi connectivity index (χ0v) is 24.3. The standard InChI is InChI=1S/C28H30N6O3S.C2H6/c1-17(36)24-25(28(31-23(29)16-35)38-26(24)27(37)30-19-14-32(2)15-19)33(3)21-10-9-18-11-12-34(22(18)13-21)20-7-5-4-6-8-20;1-2/h4-13,16-17,19,36H,14-15H2,1-3H3,(H2,29,31)(H,30,37);1-2H3. The van der Waals surface area contributed by atoms with Gasteiger partial charge in [0.2, 0.25) is 0 Å². The van der Waals surface area contributed by atoms with Crippen LogP contribution in [-0.2, 0) is 4.79 Å². The molecule has 40 heavy (non-hydrogen) atoms. The lowest BCUT2D eigenvalue weighted by molar-refractivity contribution is -0.102. The van der Waals surface area contributed by atoms with Gasteiger partial charge in [-0.15, -0.1) is 11.3 Å². The summed E-state index contributed by atoms with van der Waals surface area (Å²) in [5, 5.41) is 15.3. The molecule has 0 spiro atoms. The first-order valence-electron chi connectivity index (χ1n) is 13.3. The summed E-state index contributed by atoms with van der Waals surface area (Å²) in [6, 6.07) is 18.2. The molecule has 9 nitrogen and oxygen atoms in total. The van der Waals surface area contributed by atoms with Crippen LogP contribution in [0.4, 0.5) is 16.4 Å². The smallest absolute Gasteiger partial charge is 0.262 e. The van der Waals surface area contributed by atoms with E-state index in [9.17, 15) is 14.7 Å². The van der Waals surface area contributed by atoms with Gasteiger partial charge in [0.1, 0.15) is 9.88 Å². The number of aliphatic hydroxyl groups excluding tert-OH is 1. The summed E-state index contributed by atoms with van der Waals surface area (Å²) >= 11 is 1.11. The molecule has 1 fully saturated rings. The highest BCUT2D eigenvalue weighted by molar-refractivity contribution is 7.18. The Kier molecular flexibility index (Phi) is 9.03. The number of nitrogens with one attached hydrogen (secondary N) is 1. The number of hydrogen-bond donors (Lipinski definition) is 3. The van der Waals surface area contributed by atoms with Crippen molar-refractivity contribution in [2.75, 3.05) is 32.1 Å². The molecule has 2 aromatic carbocycles. The molecule has 2 aromatic heterocycles. The topological polar surface area (TPSA) is 116 Å². The zero-order chi connectivity index (χ0) is 29.0. The van der Waals surface area contributed by atoms with Crippen molar-refractivity contribution in [3.05, 3.63) is 71.2 Å². The second-order valence-corrected chi connectivity index (χ2v) is 10.5. The highest BCUT2D eigenvalue weighted by Crippen LogP contribution is 2.47. The third-order valence-electron chi connectivity index (χ3n) is 6.71. The molecule has 4 N–H and O–H groups in total. The van der Waals surface area contributed by atoms with Gasteiger partial charge in [-0.25, -0.2) is 4.99 Å². The molecule has 3 heterocycles. The van der Waals surface area contributed by atoms with Gasteiger partial charge in [-0.1, -0.05) is 38.1 Å². The molecular formula is C30H36N6O3S. The zero-order valence-electron chi connectivity index (χ0n) is 23.5. The van der Waals surface area contributed by atoms with E-state index in [1.165, 1.54) is 0 Å². The maximum absolute atomic E-state index is 13.3. The number of amidine groups is 1. The molecule has 1 amide bonds. The van der Waals surface area contributed by atoms with Crippen LogP contribution in [0.3, 0.4) is 0 Å². The largest absolute Gasteiger partial charge is 0.389 e. The number of anilines is 2. The maximum Gasteiger partial charge on any atom is 0.262 e. The monoisotopic (exact) mass is 560 g/mol. The van der Waals surface area contributed by atoms with Crippen LogP contribution in [0.2, 0.25) is 0 Å². The first-order valence-corrected chi connectivity index (χ1v) is 14.1. The van der Waals surface area contributed by atoms with Crippen LogP contribution in [-0.4, -0.2) is 65.8 Å². The van der Waals surface area contributed by atoms with Gasteiger partial charge in [0, 0.05) is 48.7 Å². The Morgan fingerprint density at radius 1 is 1.20 bits per heavy atom. The lowest BCUT2D eigenvalue weighted by atomic mass is 10.1. The van der Waals surface area contributed by atoms with Gasteiger partial charge in [0.25, 0.3) is 5.91 Å². The van der Waals surface area contributed by atoms with E-state index in [0.29, 0.717) is 27.4 Å². The number of hydrogen-bond acceptors (Lipinski definition) is 7. The highest BCUT2D eigenvalue weighted by Gasteiger charge is 2.32. The summed E-state index contributed by atoms with van der Waals surface area (Å²) in [4.78, 5) is 33.3. The average Bonchev–Trinajstić information content (AvgIpc) is 3.55. The van der Waals surface area contributed by atoms with Gasteiger partial charge in [-0.3, -0.25) is 9.59 Å². The number of thiophene rings is 1. The Morgan fingerprint density at radius 2 is 1.90 bits per heavy atom. The number of aliphatic imine (C=N–C) groups is 1. The molecule has 210 valence electrons. The fourth-order valence-corrected chi connectivity index (χ4v) is 6.05. The van der Waals surface area contributed by atoms with Crippen molar-refractivity contribution in [1.82, 2.24) is 14.8 Å². The Morgan fingerprint density at radius 3 is 2.52 bits per heavy atom. The van der Waals surface area contributed by atoms with Crippen LogP contribution in [0.15, 0.2) is 65.8 Å². The molecule has 5 rings (SSSR count). The van der Waals surface area contributed by atoms with Gasteiger partial charge >= 0.3 is 0 Å². The molecule has 1 unspecified atom stereocenters. The number of aromatic nitrogens is 1. The Bertz CT molecular complexity index is 1520. The number of nitrogens with zero attached hydrogens (tertiary/aromatic N) is 4. The number of likely N-dealkylation sites (N-methyl/N-ethyl adjacent to an activating group) is 1. The predicted octanol–water partition coefficient (Wildman–Crippen LogP) is 4.77. The highest BCUT2D eigenvalue weighted by atomic mass is 32.1. The average molecular weight is 561 g/mol. The summed E-state index contributed by atoms with van der Waals surface area (Å²) in [7, 11) is 3.84. The predicted molar refractivity (Wildman–Crippen MR) is 164 cm³/mol. The minimum atomic E-state index is -0.966. The number of benzene rings is 2. The van der Waals surface area contributed by atoms with E-state index in [4.69, 9.17) is 5.73 Å². The van der Waals surface area contributed by atoms with Crippen molar-refractivity contribution in [2.24, 2.45) is 10.7 Å². The maximum atomic E-state index is 13.3. The second-order valence-electron chi connectivity index (χ2n) is 9.54. The van der Waals surface area contributed by atoms with Crippen molar-refractivity contribution in [3.63, 3.8) is 0 Å². The molecule has 1 atom stereocenters. The first kappa shape index (κ1) is 29.0. The number of carbonyl (C=O) groups is 2. The van der Waals surface area contributed by atoms with E-state index < -0.39 is 6.10 Å². The number of likely N-dealkylation sites (tertiary alicyclic amines) is 1. The quantitative estimate of drug-likeness (QED) is 0.162. The normalized spacial score (nSPS) is 14.7. The van der Waals surface area contributed by atoms with Gasteiger partial charge < -0.3 is 30.5 Å². The van der Waals surface area contributed by atoms with Crippen LogP contribution >= 0.6 is 11.3 Å². The fourth-order valence-electron chi connectivity index (χ4n) is 4.83. The molecule has 1 saturated heterocycles. The van der Waals surface area contributed by atoms with Gasteiger partial charge in [-0.2, -0.15) is 0 Å². The van der Waals surface area contributed by atoms with Crippen molar-refractivity contribution in [2.45, 2.75) is 32.9 Å². The molecule has 0 aliphatic carbocycles. The molecule has 0 radical (unpaired) electrons. The van der Waals surface area contributed by atoms with Crippen LogP contribution in [0, 0.1) is 0 Å². The number of rotatable bonds is 8. The van der Waals surface area contributed by atoms with Crippen molar-refractivity contribution >= 4 is 56.6 Å². The number of amides is 1. The first-order chi connectivity index (χ1) is 19.3. The second kappa shape index (κ2) is 12.5. The number of aldehydes is 1. The Labute approximate surface area is 238 Å². The molecule has 10 heteroatoms. The lowest BCUT2D eigenvalue weighted by Gasteiger charge is -2.36. The Balaban J connectivity index is 0.00000181. The fraction of sp³-hybridized carbons (Fsp3) is 0.300. The summed E-state index contributed by atoms with van der Waals surface area (Å²) in [6.45, 7) is 7.14. The number of nitrogens with two attached hydrogens (primary N) is 1. The summed E-state index contributed by atoms with van der Waals surface area (Å²) < 4.78 is 2.10. The number of aliphatic hydroxyl groups is 1. The molecule has 4 aromatic rings. The third-order valence-corrected chi connectivity index (χ3v) is 7.80. The molecule has 0 bridgehead atoms. The molecule has 1 aliphatic heterocycles. The molecule has 1 aliphatic rings.